The third kappa shape index (κ3) is 3.51. The van der Waals surface area contributed by atoms with Gasteiger partial charge in [0.05, 0.1) is 29.2 Å². The van der Waals surface area contributed by atoms with E-state index in [2.05, 4.69) is 4.98 Å². The van der Waals surface area contributed by atoms with E-state index in [1.54, 1.807) is 12.1 Å². The first kappa shape index (κ1) is 21.4. The Kier molecular flexibility index (Phi) is 5.06. The van der Waals surface area contributed by atoms with Gasteiger partial charge in [0.15, 0.2) is 0 Å². The zero-order valence-corrected chi connectivity index (χ0v) is 18.4. The molecule has 0 unspecified atom stereocenters. The van der Waals surface area contributed by atoms with Gasteiger partial charge in [-0.15, -0.1) is 0 Å². The molecule has 5 rings (SSSR count). The number of carbonyl (C=O) groups excluding carboxylic acids is 2. The molecule has 168 valence electrons. The fourth-order valence-corrected chi connectivity index (χ4v) is 5.71. The van der Waals surface area contributed by atoms with Crippen LogP contribution >= 0.6 is 11.6 Å². The van der Waals surface area contributed by atoms with E-state index in [9.17, 15) is 22.4 Å². The molecule has 0 aliphatic carbocycles. The molecule has 2 aromatic carbocycles. The molecule has 0 bridgehead atoms. The first-order valence-electron chi connectivity index (χ1n) is 9.82. The van der Waals surface area contributed by atoms with E-state index >= 15 is 0 Å². The smallest absolute Gasteiger partial charge is 0.280 e. The number of ether oxygens (including phenoxy) is 1. The summed E-state index contributed by atoms with van der Waals surface area (Å²) in [7, 11) is -4.30. The second-order valence-corrected chi connectivity index (χ2v) is 9.65. The van der Waals surface area contributed by atoms with E-state index in [0.29, 0.717) is 10.8 Å². The molecule has 0 spiro atoms. The van der Waals surface area contributed by atoms with Crippen LogP contribution in [0.2, 0.25) is 5.02 Å². The molecule has 2 aliphatic heterocycles. The number of benzene rings is 2. The first-order chi connectivity index (χ1) is 15.8. The van der Waals surface area contributed by atoms with Gasteiger partial charge >= 0.3 is 0 Å². The third-order valence-corrected chi connectivity index (χ3v) is 7.53. The van der Waals surface area contributed by atoms with Crippen molar-refractivity contribution in [2.24, 2.45) is 0 Å². The van der Waals surface area contributed by atoms with Crippen LogP contribution < -0.4 is 9.04 Å². The Balaban J connectivity index is 1.56. The molecule has 2 amide bonds. The zero-order valence-electron chi connectivity index (χ0n) is 16.9. The minimum absolute atomic E-state index is 0.00855. The molecule has 0 N–H and O–H groups in total. The lowest BCUT2D eigenvalue weighted by molar-refractivity contribution is 0.0639. The van der Waals surface area contributed by atoms with Crippen molar-refractivity contribution in [1.82, 2.24) is 9.88 Å². The summed E-state index contributed by atoms with van der Waals surface area (Å²) in [5.74, 6) is -1.70. The van der Waals surface area contributed by atoms with Crippen LogP contribution in [0.4, 0.5) is 10.1 Å². The normalized spacial score (nSPS) is 15.3. The molecule has 8 nitrogen and oxygen atoms in total. The van der Waals surface area contributed by atoms with Crippen molar-refractivity contribution in [3.8, 4) is 5.75 Å². The van der Waals surface area contributed by atoms with Gasteiger partial charge in [-0.05, 0) is 48.0 Å². The van der Waals surface area contributed by atoms with Gasteiger partial charge in [-0.25, -0.2) is 12.8 Å². The van der Waals surface area contributed by atoms with Crippen molar-refractivity contribution in [2.45, 2.75) is 11.4 Å². The van der Waals surface area contributed by atoms with Crippen LogP contribution in [0.15, 0.2) is 59.6 Å². The molecule has 0 saturated heterocycles. The summed E-state index contributed by atoms with van der Waals surface area (Å²) in [6.07, 6.45) is 1.39. The number of aromatic nitrogens is 1. The fourth-order valence-electron chi connectivity index (χ4n) is 3.86. The van der Waals surface area contributed by atoms with E-state index in [1.165, 1.54) is 30.5 Å². The number of imide groups is 1. The van der Waals surface area contributed by atoms with Gasteiger partial charge in [-0.3, -0.25) is 23.8 Å². The Bertz CT molecular complexity index is 1390. The van der Waals surface area contributed by atoms with E-state index in [1.807, 2.05) is 0 Å². The summed E-state index contributed by atoms with van der Waals surface area (Å²) in [6, 6.07) is 10.8. The monoisotopic (exact) mass is 487 g/mol. The van der Waals surface area contributed by atoms with E-state index in [4.69, 9.17) is 16.3 Å². The Hall–Kier alpha value is -3.50. The number of fused-ring (bicyclic) bond motifs is 2. The number of nitrogens with zero attached hydrogens (tertiary/aromatic N) is 3. The van der Waals surface area contributed by atoms with Gasteiger partial charge in [0, 0.05) is 11.2 Å². The molecular formula is C22H15ClFN3O5S. The summed E-state index contributed by atoms with van der Waals surface area (Å²) in [6.45, 7) is -0.305. The highest BCUT2D eigenvalue weighted by Crippen LogP contribution is 2.38. The van der Waals surface area contributed by atoms with E-state index in [-0.39, 0.29) is 47.1 Å². The largest absolute Gasteiger partial charge is 0.489 e. The van der Waals surface area contributed by atoms with Gasteiger partial charge in [-0.1, -0.05) is 17.7 Å². The van der Waals surface area contributed by atoms with Crippen molar-refractivity contribution in [2.75, 3.05) is 17.5 Å². The topological polar surface area (TPSA) is 96.9 Å². The molecule has 0 radical (unpaired) electrons. The first-order valence-corrected chi connectivity index (χ1v) is 11.6. The number of rotatable bonds is 4. The second kappa shape index (κ2) is 7.82. The molecule has 1 aromatic heterocycles. The van der Waals surface area contributed by atoms with Gasteiger partial charge in [0.1, 0.15) is 23.9 Å². The number of pyridine rings is 1. The zero-order chi connectivity index (χ0) is 23.3. The maximum Gasteiger partial charge on any atom is 0.280 e. The summed E-state index contributed by atoms with van der Waals surface area (Å²) in [4.78, 5) is 29.9. The molecule has 2 aliphatic rings. The molecule has 11 heteroatoms. The van der Waals surface area contributed by atoms with Crippen molar-refractivity contribution >= 4 is 39.1 Å². The number of anilines is 1. The van der Waals surface area contributed by atoms with Crippen LogP contribution in [0, 0.1) is 5.82 Å². The molecule has 3 heterocycles. The summed E-state index contributed by atoms with van der Waals surface area (Å²) in [5.41, 5.74) is 0.423. The van der Waals surface area contributed by atoms with Crippen molar-refractivity contribution in [3.05, 3.63) is 82.4 Å². The Morgan fingerprint density at radius 1 is 1.09 bits per heavy atom. The van der Waals surface area contributed by atoms with Crippen LogP contribution in [0.1, 0.15) is 26.4 Å². The lowest BCUT2D eigenvalue weighted by Gasteiger charge is -2.31. The molecule has 0 atom stereocenters. The standard InChI is InChI=1S/C22H15ClFN3O5S/c23-14-4-6-18-17(10-14)27(8-9-32-18)33(30,31)19-11-15(24)5-3-13(19)12-26-21(28)16-2-1-7-25-20(16)22(26)29/h1-7,10-11H,8-9,12H2. The molecule has 0 saturated carbocycles. The van der Waals surface area contributed by atoms with Crippen LogP contribution in [-0.2, 0) is 16.6 Å². The van der Waals surface area contributed by atoms with Gasteiger partial charge in [0.25, 0.3) is 21.8 Å². The average molecular weight is 488 g/mol. The molecule has 33 heavy (non-hydrogen) atoms. The highest BCUT2D eigenvalue weighted by Gasteiger charge is 2.38. The van der Waals surface area contributed by atoms with Crippen LogP contribution in [-0.4, -0.2) is 43.3 Å². The van der Waals surface area contributed by atoms with E-state index < -0.39 is 27.7 Å². The van der Waals surface area contributed by atoms with Crippen LogP contribution in [0.3, 0.4) is 0 Å². The minimum Gasteiger partial charge on any atom is -0.489 e. The lowest BCUT2D eigenvalue weighted by Crippen LogP contribution is -2.39. The number of amides is 2. The average Bonchev–Trinajstić information content (AvgIpc) is 3.04. The molecular weight excluding hydrogens is 473 g/mol. The Labute approximate surface area is 193 Å². The maximum atomic E-state index is 14.2. The van der Waals surface area contributed by atoms with E-state index in [0.717, 1.165) is 21.3 Å². The van der Waals surface area contributed by atoms with Gasteiger partial charge in [-0.2, -0.15) is 0 Å². The van der Waals surface area contributed by atoms with Crippen LogP contribution in [0.25, 0.3) is 0 Å². The van der Waals surface area contributed by atoms with Crippen molar-refractivity contribution in [1.29, 1.82) is 0 Å². The van der Waals surface area contributed by atoms with Crippen LogP contribution in [0.5, 0.6) is 5.75 Å². The summed E-state index contributed by atoms with van der Waals surface area (Å²) >= 11 is 6.06. The summed E-state index contributed by atoms with van der Waals surface area (Å²) < 4.78 is 48.1. The number of halogens is 2. The Morgan fingerprint density at radius 2 is 1.91 bits per heavy atom. The second-order valence-electron chi connectivity index (χ2n) is 7.39. The molecule has 3 aromatic rings. The highest BCUT2D eigenvalue weighted by molar-refractivity contribution is 7.92. The number of sulfonamides is 1. The lowest BCUT2D eigenvalue weighted by atomic mass is 10.2. The minimum atomic E-state index is -4.30. The summed E-state index contributed by atoms with van der Waals surface area (Å²) in [5, 5.41) is 0.303. The predicted octanol–water partition coefficient (Wildman–Crippen LogP) is 3.26. The van der Waals surface area contributed by atoms with Crippen molar-refractivity contribution < 1.29 is 27.1 Å². The fraction of sp³-hybridized carbons (Fsp3) is 0.136. The molecule has 0 fully saturated rings. The quantitative estimate of drug-likeness (QED) is 0.524. The number of carbonyl (C=O) groups is 2. The SMILES string of the molecule is O=C1c2cccnc2C(=O)N1Cc1ccc(F)cc1S(=O)(=O)N1CCOc2ccc(Cl)cc21. The van der Waals surface area contributed by atoms with Gasteiger partial charge < -0.3 is 4.74 Å². The highest BCUT2D eigenvalue weighted by atomic mass is 35.5. The van der Waals surface area contributed by atoms with Crippen molar-refractivity contribution in [3.63, 3.8) is 0 Å². The third-order valence-electron chi connectivity index (χ3n) is 5.40. The predicted molar refractivity (Wildman–Crippen MR) is 116 cm³/mol. The van der Waals surface area contributed by atoms with Gasteiger partial charge in [0.2, 0.25) is 0 Å². The number of hydrogen-bond donors (Lipinski definition) is 0. The Morgan fingerprint density at radius 3 is 2.70 bits per heavy atom. The number of hydrogen-bond acceptors (Lipinski definition) is 6. The maximum absolute atomic E-state index is 14.2.